The van der Waals surface area contributed by atoms with E-state index in [0.717, 1.165) is 23.2 Å². The second kappa shape index (κ2) is 6.04. The van der Waals surface area contributed by atoms with Gasteiger partial charge in [-0.1, -0.05) is 19.1 Å². The van der Waals surface area contributed by atoms with Gasteiger partial charge >= 0.3 is 0 Å². The van der Waals surface area contributed by atoms with E-state index >= 15 is 0 Å². The van der Waals surface area contributed by atoms with Gasteiger partial charge in [0, 0.05) is 19.7 Å². The Hall–Kier alpha value is -2.60. The Morgan fingerprint density at radius 2 is 2.04 bits per heavy atom. The van der Waals surface area contributed by atoms with Crippen LogP contribution in [0.25, 0.3) is 16.8 Å². The minimum Gasteiger partial charge on any atom is -0.378 e. The van der Waals surface area contributed by atoms with Gasteiger partial charge in [0.25, 0.3) is 0 Å². The van der Waals surface area contributed by atoms with Crippen molar-refractivity contribution in [3.63, 3.8) is 0 Å². The number of methoxy groups -OCH3 is 1. The summed E-state index contributed by atoms with van der Waals surface area (Å²) in [4.78, 5) is 17.1. The SMILES string of the molecule is COCc1nn2cc3c(nc2c1-c1ccc(F)cc1)CC(C)CC3=O. The molecule has 1 atom stereocenters. The van der Waals surface area contributed by atoms with E-state index in [4.69, 9.17) is 9.72 Å². The van der Waals surface area contributed by atoms with Crippen LogP contribution in [-0.4, -0.2) is 27.5 Å². The third kappa shape index (κ3) is 2.72. The van der Waals surface area contributed by atoms with Gasteiger partial charge in [0.15, 0.2) is 11.4 Å². The maximum atomic E-state index is 13.3. The molecule has 0 N–H and O–H groups in total. The summed E-state index contributed by atoms with van der Waals surface area (Å²) in [6, 6.07) is 6.25. The molecule has 25 heavy (non-hydrogen) atoms. The van der Waals surface area contributed by atoms with Crippen LogP contribution in [0.4, 0.5) is 4.39 Å². The van der Waals surface area contributed by atoms with Crippen molar-refractivity contribution in [3.8, 4) is 11.1 Å². The van der Waals surface area contributed by atoms with E-state index in [1.54, 1.807) is 30.0 Å². The average Bonchev–Trinajstić information content (AvgIpc) is 2.91. The third-order valence-corrected chi connectivity index (χ3v) is 4.55. The number of carbonyl (C=O) groups is 1. The molecule has 0 saturated heterocycles. The number of hydrogen-bond acceptors (Lipinski definition) is 4. The summed E-state index contributed by atoms with van der Waals surface area (Å²) >= 11 is 0. The van der Waals surface area contributed by atoms with E-state index < -0.39 is 0 Å². The molecule has 3 aromatic rings. The van der Waals surface area contributed by atoms with Crippen LogP contribution in [0, 0.1) is 11.7 Å². The van der Waals surface area contributed by atoms with Gasteiger partial charge < -0.3 is 4.74 Å². The molecule has 2 heterocycles. The second-order valence-corrected chi connectivity index (χ2v) is 6.57. The van der Waals surface area contributed by atoms with Gasteiger partial charge in [-0.05, 0) is 30.0 Å². The molecule has 0 amide bonds. The standard InChI is InChI=1S/C19H18FN3O2/c1-11-7-15-14(17(24)8-11)9-23-19(21-15)18(16(22-23)10-25-2)12-3-5-13(20)6-4-12/h3-6,9,11H,7-8,10H2,1-2H3. The Morgan fingerprint density at radius 3 is 2.76 bits per heavy atom. The minimum absolute atomic E-state index is 0.107. The van der Waals surface area contributed by atoms with E-state index in [9.17, 15) is 9.18 Å². The fraction of sp³-hybridized carbons (Fsp3) is 0.316. The molecule has 0 fully saturated rings. The van der Waals surface area contributed by atoms with E-state index in [1.807, 2.05) is 0 Å². The molecule has 128 valence electrons. The molecule has 0 aliphatic heterocycles. The summed E-state index contributed by atoms with van der Waals surface area (Å²) in [5.41, 5.74) is 4.47. The molecule has 0 saturated carbocycles. The number of rotatable bonds is 3. The molecule has 2 aromatic heterocycles. The smallest absolute Gasteiger partial charge is 0.166 e. The molecule has 1 aliphatic rings. The van der Waals surface area contributed by atoms with Gasteiger partial charge in [-0.25, -0.2) is 13.9 Å². The Kier molecular flexibility index (Phi) is 3.84. The number of aromatic nitrogens is 3. The van der Waals surface area contributed by atoms with Crippen LogP contribution in [0.2, 0.25) is 0 Å². The largest absolute Gasteiger partial charge is 0.378 e. The molecule has 0 bridgehead atoms. The number of halogens is 1. The van der Waals surface area contributed by atoms with Gasteiger partial charge in [0.05, 0.1) is 29.1 Å². The predicted octanol–water partition coefficient (Wildman–Crippen LogP) is 3.45. The highest BCUT2D eigenvalue weighted by Crippen LogP contribution is 2.31. The number of nitrogens with zero attached hydrogens (tertiary/aromatic N) is 3. The van der Waals surface area contributed by atoms with Crippen LogP contribution in [0.1, 0.15) is 35.1 Å². The molecular formula is C19H18FN3O2. The average molecular weight is 339 g/mol. The van der Waals surface area contributed by atoms with Crippen molar-refractivity contribution in [1.29, 1.82) is 0 Å². The highest BCUT2D eigenvalue weighted by Gasteiger charge is 2.26. The second-order valence-electron chi connectivity index (χ2n) is 6.57. The molecule has 0 radical (unpaired) electrons. The fourth-order valence-electron chi connectivity index (χ4n) is 3.42. The summed E-state index contributed by atoms with van der Waals surface area (Å²) in [5.74, 6) is 0.0964. The van der Waals surface area contributed by atoms with Crippen LogP contribution in [0.5, 0.6) is 0 Å². The fourth-order valence-corrected chi connectivity index (χ4v) is 3.42. The van der Waals surface area contributed by atoms with Crippen molar-refractivity contribution in [3.05, 3.63) is 53.2 Å². The molecule has 4 rings (SSSR count). The van der Waals surface area contributed by atoms with Crippen LogP contribution in [0.15, 0.2) is 30.5 Å². The maximum absolute atomic E-state index is 13.3. The topological polar surface area (TPSA) is 56.5 Å². The van der Waals surface area contributed by atoms with Crippen LogP contribution < -0.4 is 0 Å². The van der Waals surface area contributed by atoms with Crippen molar-refractivity contribution >= 4 is 11.4 Å². The minimum atomic E-state index is -0.293. The first-order chi connectivity index (χ1) is 12.1. The number of Topliss-reactive ketones (excluding diaryl/α,β-unsaturated/α-hetero) is 1. The van der Waals surface area contributed by atoms with Gasteiger partial charge in [-0.2, -0.15) is 5.10 Å². The lowest BCUT2D eigenvalue weighted by Crippen LogP contribution is -2.20. The number of fused-ring (bicyclic) bond motifs is 2. The summed E-state index contributed by atoms with van der Waals surface area (Å²) in [5, 5.41) is 4.55. The molecule has 6 heteroatoms. The molecule has 0 spiro atoms. The quantitative estimate of drug-likeness (QED) is 0.733. The molecular weight excluding hydrogens is 321 g/mol. The first-order valence-corrected chi connectivity index (χ1v) is 8.26. The van der Waals surface area contributed by atoms with Crippen molar-refractivity contribution in [2.45, 2.75) is 26.4 Å². The van der Waals surface area contributed by atoms with Crippen molar-refractivity contribution < 1.29 is 13.9 Å². The maximum Gasteiger partial charge on any atom is 0.166 e. The summed E-state index contributed by atoms with van der Waals surface area (Å²) in [7, 11) is 1.60. The normalized spacial score (nSPS) is 17.1. The Bertz CT molecular complexity index is 963. The zero-order valence-corrected chi connectivity index (χ0v) is 14.1. The van der Waals surface area contributed by atoms with Gasteiger partial charge in [0.1, 0.15) is 5.82 Å². The summed E-state index contributed by atoms with van der Waals surface area (Å²) < 4.78 is 20.2. The van der Waals surface area contributed by atoms with Crippen LogP contribution >= 0.6 is 0 Å². The van der Waals surface area contributed by atoms with Gasteiger partial charge in [0.2, 0.25) is 0 Å². The number of benzene rings is 1. The Morgan fingerprint density at radius 1 is 1.28 bits per heavy atom. The lowest BCUT2D eigenvalue weighted by atomic mass is 9.88. The zero-order valence-electron chi connectivity index (χ0n) is 14.1. The van der Waals surface area contributed by atoms with Crippen molar-refractivity contribution in [1.82, 2.24) is 14.6 Å². The molecule has 1 unspecified atom stereocenters. The molecule has 5 nitrogen and oxygen atoms in total. The highest BCUT2D eigenvalue weighted by atomic mass is 19.1. The lowest BCUT2D eigenvalue weighted by molar-refractivity contribution is 0.0951. The van der Waals surface area contributed by atoms with E-state index in [-0.39, 0.29) is 17.5 Å². The summed E-state index contributed by atoms with van der Waals surface area (Å²) in [6.45, 7) is 2.37. The Labute approximate surface area is 144 Å². The van der Waals surface area contributed by atoms with E-state index in [0.29, 0.717) is 29.9 Å². The van der Waals surface area contributed by atoms with Crippen LogP contribution in [-0.2, 0) is 17.8 Å². The predicted molar refractivity (Wildman–Crippen MR) is 90.9 cm³/mol. The summed E-state index contributed by atoms with van der Waals surface area (Å²) in [6.07, 6.45) is 3.07. The lowest BCUT2D eigenvalue weighted by Gasteiger charge is -2.19. The number of carbonyl (C=O) groups excluding carboxylic acids is 1. The van der Waals surface area contributed by atoms with E-state index in [2.05, 4.69) is 12.0 Å². The number of hydrogen-bond donors (Lipinski definition) is 0. The highest BCUT2D eigenvalue weighted by molar-refractivity contribution is 5.98. The Balaban J connectivity index is 1.96. The first kappa shape index (κ1) is 15.9. The van der Waals surface area contributed by atoms with Gasteiger partial charge in [-0.3, -0.25) is 4.79 Å². The van der Waals surface area contributed by atoms with Crippen LogP contribution in [0.3, 0.4) is 0 Å². The number of ether oxygens (including phenoxy) is 1. The van der Waals surface area contributed by atoms with Crippen molar-refractivity contribution in [2.75, 3.05) is 7.11 Å². The third-order valence-electron chi connectivity index (χ3n) is 4.55. The van der Waals surface area contributed by atoms with E-state index in [1.165, 1.54) is 12.1 Å². The molecule has 1 aromatic carbocycles. The monoisotopic (exact) mass is 339 g/mol. The molecule has 1 aliphatic carbocycles. The zero-order chi connectivity index (χ0) is 17.6. The van der Waals surface area contributed by atoms with Gasteiger partial charge in [-0.15, -0.1) is 0 Å². The number of ketones is 1. The first-order valence-electron chi connectivity index (χ1n) is 8.26. The van der Waals surface area contributed by atoms with Crippen molar-refractivity contribution in [2.24, 2.45) is 5.92 Å².